The Hall–Kier alpha value is -2.04. The fourth-order valence-electron chi connectivity index (χ4n) is 2.87. The maximum absolute atomic E-state index is 5.98. The third-order valence-corrected chi connectivity index (χ3v) is 4.47. The summed E-state index contributed by atoms with van der Waals surface area (Å²) in [5.74, 6) is 1.86. The molecule has 2 atom stereocenters. The maximum atomic E-state index is 5.98. The molecule has 2 aromatic rings. The van der Waals surface area contributed by atoms with Gasteiger partial charge in [-0.3, -0.25) is 0 Å². The molecule has 2 saturated heterocycles. The van der Waals surface area contributed by atoms with Crippen molar-refractivity contribution >= 4 is 0 Å². The summed E-state index contributed by atoms with van der Waals surface area (Å²) in [4.78, 5) is 0. The summed E-state index contributed by atoms with van der Waals surface area (Å²) >= 11 is 0. The molecule has 2 aromatic carbocycles. The van der Waals surface area contributed by atoms with Crippen molar-refractivity contribution in [3.8, 4) is 11.5 Å². The number of hydrogen-bond acceptors (Lipinski definition) is 4. The summed E-state index contributed by atoms with van der Waals surface area (Å²) in [6, 6.07) is 12.7. The molecule has 4 heteroatoms. The molecule has 0 spiro atoms. The molecular weight excluding hydrogens is 316 g/mol. The molecule has 4 nitrogen and oxygen atoms in total. The molecule has 2 fully saturated rings. The standard InChI is InChI=1S/C21H24O4/c1-14-3-5-20(24-12-18-10-22-18)16(7-14)9-17-8-15(2)4-6-21(17)25-13-19-11-23-19/h3-8,18-19H,9-13H2,1-2H3. The van der Waals surface area contributed by atoms with Crippen molar-refractivity contribution in [2.24, 2.45) is 0 Å². The second kappa shape index (κ2) is 7.06. The largest absolute Gasteiger partial charge is 0.490 e. The summed E-state index contributed by atoms with van der Waals surface area (Å²) in [5, 5.41) is 0. The topological polar surface area (TPSA) is 43.5 Å². The number of benzene rings is 2. The van der Waals surface area contributed by atoms with Gasteiger partial charge in [0.1, 0.15) is 36.9 Å². The van der Waals surface area contributed by atoms with Gasteiger partial charge in [-0.05, 0) is 37.1 Å². The maximum Gasteiger partial charge on any atom is 0.122 e. The van der Waals surface area contributed by atoms with E-state index in [-0.39, 0.29) is 12.2 Å². The molecule has 0 radical (unpaired) electrons. The number of ether oxygens (including phenoxy) is 4. The van der Waals surface area contributed by atoms with E-state index in [9.17, 15) is 0 Å². The van der Waals surface area contributed by atoms with Gasteiger partial charge in [0, 0.05) is 6.42 Å². The van der Waals surface area contributed by atoms with Crippen LogP contribution >= 0.6 is 0 Å². The highest BCUT2D eigenvalue weighted by Crippen LogP contribution is 2.29. The molecule has 2 aliphatic heterocycles. The van der Waals surface area contributed by atoms with Crippen LogP contribution in [0.5, 0.6) is 11.5 Å². The Bertz CT molecular complexity index is 684. The van der Waals surface area contributed by atoms with Crippen LogP contribution < -0.4 is 9.47 Å². The minimum atomic E-state index is 0.255. The van der Waals surface area contributed by atoms with E-state index in [1.54, 1.807) is 0 Å². The van der Waals surface area contributed by atoms with Crippen LogP contribution in [-0.4, -0.2) is 38.6 Å². The van der Waals surface area contributed by atoms with Gasteiger partial charge < -0.3 is 18.9 Å². The quantitative estimate of drug-likeness (QED) is 0.691. The molecule has 0 bridgehead atoms. The van der Waals surface area contributed by atoms with E-state index < -0.39 is 0 Å². The lowest BCUT2D eigenvalue weighted by Crippen LogP contribution is -2.08. The minimum absolute atomic E-state index is 0.255. The third kappa shape index (κ3) is 4.53. The fourth-order valence-corrected chi connectivity index (χ4v) is 2.87. The van der Waals surface area contributed by atoms with Gasteiger partial charge in [0.05, 0.1) is 13.2 Å². The van der Waals surface area contributed by atoms with E-state index >= 15 is 0 Å². The Morgan fingerprint density at radius 1 is 0.800 bits per heavy atom. The Morgan fingerprint density at radius 2 is 1.24 bits per heavy atom. The molecule has 0 aromatic heterocycles. The molecule has 25 heavy (non-hydrogen) atoms. The minimum Gasteiger partial charge on any atom is -0.490 e. The first-order chi connectivity index (χ1) is 12.2. The van der Waals surface area contributed by atoms with Gasteiger partial charge in [-0.2, -0.15) is 0 Å². The van der Waals surface area contributed by atoms with Gasteiger partial charge in [0.25, 0.3) is 0 Å². The average molecular weight is 340 g/mol. The Kier molecular flexibility index (Phi) is 4.64. The van der Waals surface area contributed by atoms with Crippen molar-refractivity contribution in [1.82, 2.24) is 0 Å². The zero-order valence-corrected chi connectivity index (χ0v) is 14.8. The molecule has 2 heterocycles. The van der Waals surface area contributed by atoms with Crippen molar-refractivity contribution in [2.45, 2.75) is 32.5 Å². The number of rotatable bonds is 8. The molecule has 2 aliphatic rings. The first kappa shape index (κ1) is 16.4. The van der Waals surface area contributed by atoms with E-state index in [0.29, 0.717) is 13.2 Å². The van der Waals surface area contributed by atoms with Crippen LogP contribution in [0.1, 0.15) is 22.3 Å². The molecule has 0 aliphatic carbocycles. The van der Waals surface area contributed by atoms with Gasteiger partial charge in [0.15, 0.2) is 0 Å². The van der Waals surface area contributed by atoms with Crippen molar-refractivity contribution < 1.29 is 18.9 Å². The first-order valence-electron chi connectivity index (χ1n) is 8.85. The van der Waals surface area contributed by atoms with E-state index in [0.717, 1.165) is 31.1 Å². The van der Waals surface area contributed by atoms with Gasteiger partial charge in [-0.15, -0.1) is 0 Å². The normalized spacial score (nSPS) is 21.0. The molecular formula is C21H24O4. The summed E-state index contributed by atoms with van der Waals surface area (Å²) in [6.07, 6.45) is 1.29. The average Bonchev–Trinajstić information content (AvgIpc) is 3.48. The Morgan fingerprint density at radius 3 is 1.64 bits per heavy atom. The predicted molar refractivity (Wildman–Crippen MR) is 95.6 cm³/mol. The SMILES string of the molecule is Cc1ccc(OCC2CO2)c(Cc2cc(C)ccc2OCC2CO2)c1. The van der Waals surface area contributed by atoms with Crippen LogP contribution in [0, 0.1) is 13.8 Å². The lowest BCUT2D eigenvalue weighted by Gasteiger charge is -2.15. The molecule has 0 saturated carbocycles. The van der Waals surface area contributed by atoms with Gasteiger partial charge in [0.2, 0.25) is 0 Å². The van der Waals surface area contributed by atoms with E-state index in [2.05, 4.69) is 50.2 Å². The number of epoxide rings is 2. The molecule has 132 valence electrons. The highest BCUT2D eigenvalue weighted by Gasteiger charge is 2.24. The van der Waals surface area contributed by atoms with Crippen molar-refractivity contribution in [2.75, 3.05) is 26.4 Å². The van der Waals surface area contributed by atoms with Gasteiger partial charge >= 0.3 is 0 Å². The Balaban J connectivity index is 1.55. The summed E-state index contributed by atoms with van der Waals surface area (Å²) in [6.45, 7) is 7.06. The van der Waals surface area contributed by atoms with Crippen LogP contribution in [0.3, 0.4) is 0 Å². The lowest BCUT2D eigenvalue weighted by atomic mass is 10.00. The third-order valence-electron chi connectivity index (χ3n) is 4.47. The molecule has 4 rings (SSSR count). The highest BCUT2D eigenvalue weighted by molar-refractivity contribution is 5.45. The smallest absolute Gasteiger partial charge is 0.122 e. The number of aryl methyl sites for hydroxylation is 2. The van der Waals surface area contributed by atoms with Crippen molar-refractivity contribution in [1.29, 1.82) is 0 Å². The fraction of sp³-hybridized carbons (Fsp3) is 0.429. The van der Waals surface area contributed by atoms with Gasteiger partial charge in [-0.1, -0.05) is 35.4 Å². The van der Waals surface area contributed by atoms with Crippen molar-refractivity contribution in [3.05, 3.63) is 58.7 Å². The predicted octanol–water partition coefficient (Wildman–Crippen LogP) is 3.45. The van der Waals surface area contributed by atoms with Crippen LogP contribution in [0.25, 0.3) is 0 Å². The monoisotopic (exact) mass is 340 g/mol. The van der Waals surface area contributed by atoms with Crippen LogP contribution in [0.2, 0.25) is 0 Å². The summed E-state index contributed by atoms with van der Waals surface area (Å²) < 4.78 is 22.5. The Labute approximate surface area is 148 Å². The van der Waals surface area contributed by atoms with Crippen LogP contribution in [0.4, 0.5) is 0 Å². The highest BCUT2D eigenvalue weighted by atomic mass is 16.6. The first-order valence-corrected chi connectivity index (χ1v) is 8.85. The molecule has 0 N–H and O–H groups in total. The van der Waals surface area contributed by atoms with E-state index in [1.807, 2.05) is 0 Å². The van der Waals surface area contributed by atoms with E-state index in [1.165, 1.54) is 22.3 Å². The van der Waals surface area contributed by atoms with Gasteiger partial charge in [-0.25, -0.2) is 0 Å². The van der Waals surface area contributed by atoms with Crippen LogP contribution in [0.15, 0.2) is 36.4 Å². The van der Waals surface area contributed by atoms with Crippen molar-refractivity contribution in [3.63, 3.8) is 0 Å². The zero-order chi connectivity index (χ0) is 17.2. The molecule has 2 unspecified atom stereocenters. The molecule has 0 amide bonds. The van der Waals surface area contributed by atoms with Crippen LogP contribution in [-0.2, 0) is 15.9 Å². The second-order valence-corrected chi connectivity index (χ2v) is 6.93. The second-order valence-electron chi connectivity index (χ2n) is 6.93. The number of hydrogen-bond donors (Lipinski definition) is 0. The van der Waals surface area contributed by atoms with E-state index in [4.69, 9.17) is 18.9 Å². The summed E-state index contributed by atoms with van der Waals surface area (Å²) in [5.41, 5.74) is 4.82. The lowest BCUT2D eigenvalue weighted by molar-refractivity contribution is 0.259. The zero-order valence-electron chi connectivity index (χ0n) is 14.8. The summed E-state index contributed by atoms with van der Waals surface area (Å²) in [7, 11) is 0.